The van der Waals surface area contributed by atoms with Crippen molar-refractivity contribution in [2.24, 2.45) is 0 Å². The number of ether oxygens (including phenoxy) is 1. The van der Waals surface area contributed by atoms with Crippen LogP contribution in [-0.2, 0) is 9.53 Å². The second kappa shape index (κ2) is 6.95. The van der Waals surface area contributed by atoms with E-state index in [1.54, 1.807) is 12.4 Å². The van der Waals surface area contributed by atoms with Crippen LogP contribution in [0.2, 0.25) is 0 Å². The molecule has 1 amide bonds. The fourth-order valence-corrected chi connectivity index (χ4v) is 3.02. The van der Waals surface area contributed by atoms with Gasteiger partial charge in [-0.1, -0.05) is 0 Å². The van der Waals surface area contributed by atoms with Gasteiger partial charge < -0.3 is 9.64 Å². The van der Waals surface area contributed by atoms with E-state index in [9.17, 15) is 4.79 Å². The minimum Gasteiger partial charge on any atom is -0.379 e. The fraction of sp³-hybridized carbons (Fsp3) is 0.667. The number of hydrogen-bond acceptors (Lipinski definition) is 5. The van der Waals surface area contributed by atoms with Crippen molar-refractivity contribution in [3.8, 4) is 0 Å². The minimum absolute atomic E-state index is 0.227. The van der Waals surface area contributed by atoms with E-state index in [1.165, 1.54) is 0 Å². The highest BCUT2D eigenvalue weighted by molar-refractivity contribution is 5.78. The summed E-state index contributed by atoms with van der Waals surface area (Å²) in [5, 5.41) is 0. The molecule has 2 aliphatic heterocycles. The maximum atomic E-state index is 12.5. The lowest BCUT2D eigenvalue weighted by atomic mass is 9.95. The number of amides is 1. The molecule has 0 aliphatic carbocycles. The van der Waals surface area contributed by atoms with E-state index >= 15 is 0 Å². The van der Waals surface area contributed by atoms with Crippen LogP contribution in [0.25, 0.3) is 0 Å². The van der Waals surface area contributed by atoms with Gasteiger partial charge in [0.05, 0.1) is 25.5 Å². The van der Waals surface area contributed by atoms with Crippen LogP contribution in [0.1, 0.15) is 24.5 Å². The lowest BCUT2D eigenvalue weighted by Crippen LogP contribution is -2.47. The van der Waals surface area contributed by atoms with Gasteiger partial charge in [0.25, 0.3) is 0 Å². The molecule has 2 aliphatic rings. The number of nitrogens with zero attached hydrogens (tertiary/aromatic N) is 4. The molecule has 2 fully saturated rings. The van der Waals surface area contributed by atoms with Gasteiger partial charge in [0.1, 0.15) is 0 Å². The number of rotatable bonds is 3. The number of aromatic nitrogens is 2. The van der Waals surface area contributed by atoms with Crippen LogP contribution in [0.3, 0.4) is 0 Å². The van der Waals surface area contributed by atoms with Crippen LogP contribution in [-0.4, -0.2) is 71.6 Å². The lowest BCUT2D eigenvalue weighted by Gasteiger charge is -2.34. The summed E-state index contributed by atoms with van der Waals surface area (Å²) >= 11 is 0. The van der Waals surface area contributed by atoms with Gasteiger partial charge in [-0.05, 0) is 12.8 Å². The summed E-state index contributed by atoms with van der Waals surface area (Å²) in [5.74, 6) is 0.548. The molecule has 6 heteroatoms. The van der Waals surface area contributed by atoms with Crippen LogP contribution >= 0.6 is 0 Å². The van der Waals surface area contributed by atoms with Crippen LogP contribution in [0, 0.1) is 0 Å². The van der Waals surface area contributed by atoms with Crippen molar-refractivity contribution < 1.29 is 9.53 Å². The third-order valence-electron chi connectivity index (χ3n) is 4.24. The summed E-state index contributed by atoms with van der Waals surface area (Å²) in [5.41, 5.74) is 1.00. The van der Waals surface area contributed by atoms with E-state index in [2.05, 4.69) is 14.9 Å². The van der Waals surface area contributed by atoms with Crippen LogP contribution in [0.5, 0.6) is 0 Å². The van der Waals surface area contributed by atoms with Crippen molar-refractivity contribution in [1.29, 1.82) is 0 Å². The molecule has 6 nitrogen and oxygen atoms in total. The highest BCUT2D eigenvalue weighted by atomic mass is 16.5. The van der Waals surface area contributed by atoms with Crippen molar-refractivity contribution in [3.63, 3.8) is 0 Å². The van der Waals surface area contributed by atoms with Gasteiger partial charge >= 0.3 is 0 Å². The molecule has 21 heavy (non-hydrogen) atoms. The average Bonchev–Trinajstić information content (AvgIpc) is 2.57. The summed E-state index contributed by atoms with van der Waals surface area (Å²) in [6.45, 7) is 5.31. The quantitative estimate of drug-likeness (QED) is 0.812. The molecule has 1 atom stereocenters. The monoisotopic (exact) mass is 290 g/mol. The number of piperidine rings is 1. The SMILES string of the molecule is O=C(CN1CCOCC1)N1CCCC(c2cnccn2)C1. The van der Waals surface area contributed by atoms with E-state index in [1.807, 2.05) is 11.1 Å². The highest BCUT2D eigenvalue weighted by Gasteiger charge is 2.26. The number of hydrogen-bond donors (Lipinski definition) is 0. The van der Waals surface area contributed by atoms with Gasteiger partial charge in [0.15, 0.2) is 0 Å². The van der Waals surface area contributed by atoms with Crippen LogP contribution in [0.15, 0.2) is 18.6 Å². The summed E-state index contributed by atoms with van der Waals surface area (Å²) in [6, 6.07) is 0. The molecular weight excluding hydrogens is 268 g/mol. The van der Waals surface area contributed by atoms with Crippen molar-refractivity contribution >= 4 is 5.91 Å². The molecule has 114 valence electrons. The zero-order valence-electron chi connectivity index (χ0n) is 12.3. The Balaban J connectivity index is 1.56. The maximum absolute atomic E-state index is 12.5. The van der Waals surface area contributed by atoms with Crippen molar-refractivity contribution in [2.45, 2.75) is 18.8 Å². The Morgan fingerprint density at radius 1 is 1.29 bits per heavy atom. The Morgan fingerprint density at radius 3 is 2.90 bits per heavy atom. The Morgan fingerprint density at radius 2 is 2.14 bits per heavy atom. The van der Waals surface area contributed by atoms with Gasteiger partial charge in [0, 0.05) is 50.7 Å². The third kappa shape index (κ3) is 3.77. The second-order valence-corrected chi connectivity index (χ2v) is 5.70. The van der Waals surface area contributed by atoms with Gasteiger partial charge in [0.2, 0.25) is 5.91 Å². The Hall–Kier alpha value is -1.53. The second-order valence-electron chi connectivity index (χ2n) is 5.70. The van der Waals surface area contributed by atoms with Crippen LogP contribution in [0.4, 0.5) is 0 Å². The first-order valence-electron chi connectivity index (χ1n) is 7.67. The molecule has 1 aromatic heterocycles. The summed E-state index contributed by atoms with van der Waals surface area (Å²) in [4.78, 5) is 25.1. The Kier molecular flexibility index (Phi) is 4.77. The van der Waals surface area contributed by atoms with E-state index in [4.69, 9.17) is 4.74 Å². The van der Waals surface area contributed by atoms with Crippen molar-refractivity contribution in [1.82, 2.24) is 19.8 Å². The van der Waals surface area contributed by atoms with Crippen molar-refractivity contribution in [3.05, 3.63) is 24.3 Å². The zero-order valence-corrected chi connectivity index (χ0v) is 12.3. The van der Waals surface area contributed by atoms with E-state index < -0.39 is 0 Å². The van der Waals surface area contributed by atoms with E-state index in [0.29, 0.717) is 12.5 Å². The van der Waals surface area contributed by atoms with Gasteiger partial charge in [-0.15, -0.1) is 0 Å². The molecule has 0 radical (unpaired) electrons. The predicted molar refractivity (Wildman–Crippen MR) is 77.8 cm³/mol. The van der Waals surface area contributed by atoms with Crippen molar-refractivity contribution in [2.75, 3.05) is 45.9 Å². The van der Waals surface area contributed by atoms with Gasteiger partial charge in [-0.25, -0.2) is 0 Å². The molecule has 0 spiro atoms. The Bertz CT molecular complexity index is 462. The largest absolute Gasteiger partial charge is 0.379 e. The first-order valence-corrected chi connectivity index (χ1v) is 7.67. The molecule has 3 heterocycles. The average molecular weight is 290 g/mol. The lowest BCUT2D eigenvalue weighted by molar-refractivity contribution is -0.134. The number of morpholine rings is 1. The maximum Gasteiger partial charge on any atom is 0.236 e. The topological polar surface area (TPSA) is 58.6 Å². The standard InChI is InChI=1S/C15H22N4O2/c20-15(12-18-6-8-21-9-7-18)19-5-1-2-13(11-19)14-10-16-3-4-17-14/h3-4,10,13H,1-2,5-9,11-12H2. The molecule has 3 rings (SSSR count). The van der Waals surface area contributed by atoms with Gasteiger partial charge in [-0.2, -0.15) is 0 Å². The number of likely N-dealkylation sites (tertiary alicyclic amines) is 1. The smallest absolute Gasteiger partial charge is 0.236 e. The molecule has 0 aromatic carbocycles. The Labute approximate surface area is 125 Å². The molecule has 1 unspecified atom stereocenters. The molecule has 0 bridgehead atoms. The summed E-state index contributed by atoms with van der Waals surface area (Å²) in [7, 11) is 0. The first kappa shape index (κ1) is 14.4. The minimum atomic E-state index is 0.227. The highest BCUT2D eigenvalue weighted by Crippen LogP contribution is 2.24. The van der Waals surface area contributed by atoms with E-state index in [0.717, 1.165) is 57.9 Å². The summed E-state index contributed by atoms with van der Waals surface area (Å²) in [6.07, 6.45) is 7.36. The van der Waals surface area contributed by atoms with E-state index in [-0.39, 0.29) is 5.91 Å². The number of carbonyl (C=O) groups excluding carboxylic acids is 1. The molecule has 1 aromatic rings. The molecule has 0 saturated carbocycles. The zero-order chi connectivity index (χ0) is 14.5. The van der Waals surface area contributed by atoms with Gasteiger partial charge in [-0.3, -0.25) is 19.7 Å². The first-order chi connectivity index (χ1) is 10.3. The van der Waals surface area contributed by atoms with Crippen LogP contribution < -0.4 is 0 Å². The summed E-state index contributed by atoms with van der Waals surface area (Å²) < 4.78 is 5.32. The molecule has 2 saturated heterocycles. The normalized spacial score (nSPS) is 24.0. The molecule has 0 N–H and O–H groups in total. The molecular formula is C15H22N4O2. The third-order valence-corrected chi connectivity index (χ3v) is 4.24. The predicted octanol–water partition coefficient (Wildman–Crippen LogP) is 0.515. The number of carbonyl (C=O) groups is 1. The fourth-order valence-electron chi connectivity index (χ4n) is 3.02.